The third kappa shape index (κ3) is 6.38. The van der Waals surface area contributed by atoms with Crippen LogP contribution in [0.4, 0.5) is 11.5 Å². The molecule has 2 atom stereocenters. The summed E-state index contributed by atoms with van der Waals surface area (Å²) in [5.41, 5.74) is 15.5. The summed E-state index contributed by atoms with van der Waals surface area (Å²) in [6.45, 7) is 8.35. The molecule has 3 heteroatoms. The summed E-state index contributed by atoms with van der Waals surface area (Å²) in [7, 11) is 0. The predicted octanol–water partition coefficient (Wildman–Crippen LogP) is 16.6. The summed E-state index contributed by atoms with van der Waals surface area (Å²) in [6, 6.07) is 64.6. The lowest BCUT2D eigenvalue weighted by molar-refractivity contribution is 0.738. The van der Waals surface area contributed by atoms with Crippen molar-refractivity contribution < 1.29 is 0 Å². The standard InChI is InChI=1S/C59H43N3.C2H6/c1-3-16-45-38(2)46-21-10-11-22-47(46)52-37-44(29-31-48(45)52)61-55-25-14-13-24-50(55)53-33-41(28-32-57(53)61)42-27-30-51-49-23-12-15-26-56(49)62(58(51)35-42)59-36-43(39-17-6-4-7-18-39)34-54(60-59)40-19-8-5-9-20-40;1-2/h3-37,49,56H,1-2H3;1-2H3/b16-3-;. The van der Waals surface area contributed by atoms with E-state index in [1.165, 1.54) is 82.4 Å². The van der Waals surface area contributed by atoms with E-state index in [0.29, 0.717) is 0 Å². The number of rotatable bonds is 6. The van der Waals surface area contributed by atoms with Crippen molar-refractivity contribution in [2.24, 2.45) is 0 Å². The molecule has 308 valence electrons. The second-order valence-corrected chi connectivity index (χ2v) is 16.7. The number of allylic oxidation sites excluding steroid dienone is 3. The Hall–Kier alpha value is -7.75. The van der Waals surface area contributed by atoms with Gasteiger partial charge in [-0.25, -0.2) is 4.98 Å². The largest absolute Gasteiger partial charge is 0.318 e. The summed E-state index contributed by atoms with van der Waals surface area (Å²) in [5, 5.41) is 7.61. The van der Waals surface area contributed by atoms with Gasteiger partial charge in [0.1, 0.15) is 5.82 Å². The van der Waals surface area contributed by atoms with Gasteiger partial charge in [-0.3, -0.25) is 0 Å². The number of aromatic nitrogens is 2. The Balaban J connectivity index is 0.00000225. The molecule has 0 spiro atoms. The van der Waals surface area contributed by atoms with E-state index in [9.17, 15) is 0 Å². The molecule has 0 fully saturated rings. The van der Waals surface area contributed by atoms with Crippen LogP contribution in [0.15, 0.2) is 206 Å². The van der Waals surface area contributed by atoms with Crippen LogP contribution in [-0.2, 0) is 0 Å². The van der Waals surface area contributed by atoms with Gasteiger partial charge >= 0.3 is 0 Å². The number of hydrogen-bond acceptors (Lipinski definition) is 2. The zero-order chi connectivity index (χ0) is 43.3. The molecule has 3 nitrogen and oxygen atoms in total. The average Bonchev–Trinajstić information content (AvgIpc) is 3.88. The van der Waals surface area contributed by atoms with Crippen LogP contribution < -0.4 is 4.90 Å². The van der Waals surface area contributed by atoms with Crippen LogP contribution in [0.5, 0.6) is 0 Å². The minimum Gasteiger partial charge on any atom is -0.318 e. The predicted molar refractivity (Wildman–Crippen MR) is 274 cm³/mol. The van der Waals surface area contributed by atoms with E-state index < -0.39 is 0 Å². The molecule has 8 aromatic carbocycles. The number of hydrogen-bond donors (Lipinski definition) is 0. The highest BCUT2D eigenvalue weighted by Crippen LogP contribution is 2.50. The van der Waals surface area contributed by atoms with Crippen molar-refractivity contribution in [2.75, 3.05) is 4.90 Å². The van der Waals surface area contributed by atoms with E-state index in [2.05, 4.69) is 236 Å². The molecule has 0 radical (unpaired) electrons. The van der Waals surface area contributed by atoms with E-state index in [-0.39, 0.29) is 12.0 Å². The van der Waals surface area contributed by atoms with Crippen molar-refractivity contribution in [3.8, 4) is 39.2 Å². The monoisotopic (exact) mass is 823 g/mol. The molecule has 10 aromatic rings. The van der Waals surface area contributed by atoms with Gasteiger partial charge in [0, 0.05) is 33.6 Å². The summed E-state index contributed by atoms with van der Waals surface area (Å²) < 4.78 is 2.45. The fraction of sp³-hybridized carbons (Fsp3) is 0.0984. The highest BCUT2D eigenvalue weighted by atomic mass is 15.2. The maximum absolute atomic E-state index is 5.43. The Morgan fingerprint density at radius 3 is 1.97 bits per heavy atom. The Kier molecular flexibility index (Phi) is 9.89. The Labute approximate surface area is 375 Å². The van der Waals surface area contributed by atoms with Gasteiger partial charge in [-0.15, -0.1) is 0 Å². The number of nitrogens with zero attached hydrogens (tertiary/aromatic N) is 3. The zero-order valence-corrected chi connectivity index (χ0v) is 36.7. The average molecular weight is 824 g/mol. The van der Waals surface area contributed by atoms with Crippen LogP contribution in [0.25, 0.3) is 88.6 Å². The van der Waals surface area contributed by atoms with Crippen LogP contribution in [0.2, 0.25) is 0 Å². The molecule has 0 amide bonds. The highest BCUT2D eigenvalue weighted by molar-refractivity contribution is 6.14. The molecule has 0 N–H and O–H groups in total. The third-order valence-corrected chi connectivity index (χ3v) is 13.2. The zero-order valence-electron chi connectivity index (χ0n) is 36.7. The first-order valence-electron chi connectivity index (χ1n) is 22.7. The second kappa shape index (κ2) is 16.2. The van der Waals surface area contributed by atoms with Crippen molar-refractivity contribution in [1.82, 2.24) is 9.55 Å². The van der Waals surface area contributed by atoms with Crippen molar-refractivity contribution in [2.45, 2.75) is 39.7 Å². The Bertz CT molecular complexity index is 3440. The highest BCUT2D eigenvalue weighted by Gasteiger charge is 2.38. The summed E-state index contributed by atoms with van der Waals surface area (Å²) in [4.78, 5) is 7.90. The lowest BCUT2D eigenvalue weighted by Gasteiger charge is -2.28. The molecule has 2 aromatic heterocycles. The van der Waals surface area contributed by atoms with Gasteiger partial charge in [0.15, 0.2) is 0 Å². The number of pyridine rings is 1. The lowest BCUT2D eigenvalue weighted by Crippen LogP contribution is -2.29. The van der Waals surface area contributed by atoms with Crippen molar-refractivity contribution >= 4 is 60.9 Å². The van der Waals surface area contributed by atoms with E-state index in [4.69, 9.17) is 4.98 Å². The molecule has 1 aliphatic heterocycles. The smallest absolute Gasteiger partial charge is 0.134 e. The second-order valence-electron chi connectivity index (χ2n) is 16.7. The van der Waals surface area contributed by atoms with Gasteiger partial charge in [0.25, 0.3) is 0 Å². The molecular formula is C61H49N3. The molecule has 12 rings (SSSR count). The Morgan fingerprint density at radius 1 is 0.500 bits per heavy atom. The van der Waals surface area contributed by atoms with Gasteiger partial charge in [0.05, 0.1) is 22.8 Å². The molecule has 0 bridgehead atoms. The van der Waals surface area contributed by atoms with Crippen molar-refractivity contribution in [3.63, 3.8) is 0 Å². The fourth-order valence-electron chi connectivity index (χ4n) is 10.3. The lowest BCUT2D eigenvalue weighted by atomic mass is 9.90. The maximum atomic E-state index is 5.43. The minimum absolute atomic E-state index is 0.116. The molecule has 0 saturated carbocycles. The topological polar surface area (TPSA) is 21.1 Å². The minimum atomic E-state index is 0.116. The van der Waals surface area contributed by atoms with Crippen LogP contribution in [0, 0.1) is 6.92 Å². The summed E-state index contributed by atoms with van der Waals surface area (Å²) >= 11 is 0. The molecular weight excluding hydrogens is 775 g/mol. The number of para-hydroxylation sites is 1. The van der Waals surface area contributed by atoms with Gasteiger partial charge in [-0.1, -0.05) is 178 Å². The van der Waals surface area contributed by atoms with E-state index in [1.54, 1.807) is 0 Å². The van der Waals surface area contributed by atoms with Crippen LogP contribution in [-0.4, -0.2) is 15.6 Å². The SMILES string of the molecule is C/C=C\c1c(C)c2ccccc2c2cc(-n3c4ccccc4c4cc(-c5ccc6c(c5)N(c5cc(-c7ccccc7)cc(-c7ccccc7)n5)C5C=CC=CC65)ccc43)ccc12.CC. The van der Waals surface area contributed by atoms with Crippen molar-refractivity contribution in [3.05, 3.63) is 223 Å². The quantitative estimate of drug-likeness (QED) is 0.156. The van der Waals surface area contributed by atoms with Crippen LogP contribution in [0.3, 0.4) is 0 Å². The van der Waals surface area contributed by atoms with E-state index in [1.807, 2.05) is 13.8 Å². The van der Waals surface area contributed by atoms with Gasteiger partial charge < -0.3 is 9.47 Å². The van der Waals surface area contributed by atoms with Crippen LogP contribution >= 0.6 is 0 Å². The normalized spacial score (nSPS) is 15.3. The molecule has 2 aliphatic rings. The first-order valence-corrected chi connectivity index (χ1v) is 22.7. The van der Waals surface area contributed by atoms with Gasteiger partial charge in [-0.2, -0.15) is 0 Å². The molecule has 0 saturated heterocycles. The molecule has 1 aliphatic carbocycles. The molecule has 3 heterocycles. The number of anilines is 2. The first-order chi connectivity index (χ1) is 31.6. The van der Waals surface area contributed by atoms with E-state index in [0.717, 1.165) is 28.3 Å². The number of benzene rings is 8. The van der Waals surface area contributed by atoms with Crippen molar-refractivity contribution in [1.29, 1.82) is 0 Å². The molecule has 64 heavy (non-hydrogen) atoms. The Morgan fingerprint density at radius 2 is 1.17 bits per heavy atom. The maximum Gasteiger partial charge on any atom is 0.134 e. The fourth-order valence-corrected chi connectivity index (χ4v) is 10.3. The third-order valence-electron chi connectivity index (χ3n) is 13.2. The van der Waals surface area contributed by atoms with Crippen LogP contribution in [0.1, 0.15) is 43.4 Å². The molecule has 2 unspecified atom stereocenters. The van der Waals surface area contributed by atoms with Gasteiger partial charge in [0.2, 0.25) is 0 Å². The van der Waals surface area contributed by atoms with Gasteiger partial charge in [-0.05, 0) is 123 Å². The summed E-state index contributed by atoms with van der Waals surface area (Å²) in [6.07, 6.45) is 13.5. The summed E-state index contributed by atoms with van der Waals surface area (Å²) in [5.74, 6) is 1.18. The number of fused-ring (bicyclic) bond motifs is 9. The van der Waals surface area contributed by atoms with E-state index >= 15 is 0 Å². The number of aryl methyl sites for hydroxylation is 1. The first kappa shape index (κ1) is 39.1.